The van der Waals surface area contributed by atoms with E-state index in [9.17, 15) is 22.8 Å². The summed E-state index contributed by atoms with van der Waals surface area (Å²) in [4.78, 5) is 28.1. The molecule has 0 atom stereocenters. The number of carbonyl (C=O) groups excluding carboxylic acids is 1. The van der Waals surface area contributed by atoms with E-state index in [2.05, 4.69) is 10.3 Å². The van der Waals surface area contributed by atoms with Crippen molar-refractivity contribution < 1.29 is 27.9 Å². The van der Waals surface area contributed by atoms with E-state index in [1.807, 2.05) is 30.3 Å². The van der Waals surface area contributed by atoms with E-state index < -0.39 is 23.6 Å². The first-order valence-electron chi connectivity index (χ1n) is 12.1. The fourth-order valence-electron chi connectivity index (χ4n) is 3.90. The van der Waals surface area contributed by atoms with Crippen LogP contribution in [0.2, 0.25) is 0 Å². The van der Waals surface area contributed by atoms with Crippen molar-refractivity contribution in [2.75, 3.05) is 5.32 Å². The second-order valence-electron chi connectivity index (χ2n) is 8.70. The molecule has 0 unspecified atom stereocenters. The topological polar surface area (TPSA) is 105 Å². The molecule has 0 radical (unpaired) electrons. The molecule has 0 aliphatic heterocycles. The number of pyridine rings is 1. The van der Waals surface area contributed by atoms with Crippen molar-refractivity contribution in [3.63, 3.8) is 0 Å². The number of benzene rings is 4. The number of aromatic nitrogens is 1. The Morgan fingerprint density at radius 2 is 1.52 bits per heavy atom. The molecule has 4 N–H and O–H groups in total. The maximum atomic E-state index is 12.9. The van der Waals surface area contributed by atoms with Crippen LogP contribution in [0.4, 0.5) is 18.9 Å². The SMILES string of the molecule is NCc1ccccc1.O=C(O)c1cnc2cc(NC(=O)c3ccccc3-c3ccc(C(F)(F)F)cc3)ccc2c1. The quantitative estimate of drug-likeness (QED) is 0.221. The number of anilines is 1. The van der Waals surface area contributed by atoms with Crippen LogP contribution in [0.15, 0.2) is 109 Å². The summed E-state index contributed by atoms with van der Waals surface area (Å²) in [6, 6.07) is 27.6. The molecule has 5 rings (SSSR count). The van der Waals surface area contributed by atoms with Gasteiger partial charge >= 0.3 is 12.1 Å². The summed E-state index contributed by atoms with van der Waals surface area (Å²) in [5, 5.41) is 12.4. The lowest BCUT2D eigenvalue weighted by Crippen LogP contribution is -2.13. The second kappa shape index (κ2) is 12.2. The zero-order chi connectivity index (χ0) is 28.7. The number of nitrogens with two attached hydrogens (primary N) is 1. The number of amides is 1. The van der Waals surface area contributed by atoms with Crippen LogP contribution < -0.4 is 11.1 Å². The van der Waals surface area contributed by atoms with E-state index in [4.69, 9.17) is 10.8 Å². The Bertz CT molecular complexity index is 1640. The molecule has 0 aliphatic rings. The normalized spacial score (nSPS) is 10.9. The summed E-state index contributed by atoms with van der Waals surface area (Å²) in [5.74, 6) is -1.53. The third-order valence-electron chi connectivity index (χ3n) is 5.96. The highest BCUT2D eigenvalue weighted by atomic mass is 19.4. The van der Waals surface area contributed by atoms with E-state index >= 15 is 0 Å². The van der Waals surface area contributed by atoms with E-state index in [1.165, 1.54) is 30.0 Å². The number of fused-ring (bicyclic) bond motifs is 1. The minimum atomic E-state index is -4.44. The number of aromatic carboxylic acids is 1. The van der Waals surface area contributed by atoms with E-state index in [0.29, 0.717) is 39.8 Å². The standard InChI is InChI=1S/C24H15F3N2O3.C7H9N/c25-24(26,27)17-8-5-14(6-9-17)19-3-1-2-4-20(19)22(30)29-18-10-7-15-11-16(23(31)32)13-28-21(15)12-18;8-6-7-4-2-1-3-5-7/h1-13H,(H,29,30)(H,31,32);1-5H,6,8H2. The summed E-state index contributed by atoms with van der Waals surface area (Å²) < 4.78 is 38.5. The smallest absolute Gasteiger partial charge is 0.416 e. The number of carboxylic acids is 1. The van der Waals surface area contributed by atoms with Gasteiger partial charge in [-0.05, 0) is 53.1 Å². The average Bonchev–Trinajstić information content (AvgIpc) is 2.97. The highest BCUT2D eigenvalue weighted by Gasteiger charge is 2.30. The maximum absolute atomic E-state index is 12.9. The predicted octanol–water partition coefficient (Wildman–Crippen LogP) is 7.02. The fraction of sp³-hybridized carbons (Fsp3) is 0.0645. The fourth-order valence-corrected chi connectivity index (χ4v) is 3.90. The number of hydrogen-bond acceptors (Lipinski definition) is 4. The number of carboxylic acid groups (broad SMARTS) is 1. The molecule has 0 fully saturated rings. The second-order valence-corrected chi connectivity index (χ2v) is 8.70. The van der Waals surface area contributed by atoms with Crippen LogP contribution in [0.5, 0.6) is 0 Å². The number of rotatable bonds is 5. The van der Waals surface area contributed by atoms with Gasteiger partial charge in [0.1, 0.15) is 0 Å². The van der Waals surface area contributed by atoms with Gasteiger partial charge in [0.05, 0.1) is 16.6 Å². The van der Waals surface area contributed by atoms with Gasteiger partial charge in [-0.25, -0.2) is 4.79 Å². The number of nitrogens with one attached hydrogen (secondary N) is 1. The molecular weight excluding hydrogens is 519 g/mol. The number of carbonyl (C=O) groups is 2. The van der Waals surface area contributed by atoms with Gasteiger partial charge in [-0.2, -0.15) is 13.2 Å². The molecule has 6 nitrogen and oxygen atoms in total. The molecule has 0 bridgehead atoms. The Labute approximate surface area is 227 Å². The summed E-state index contributed by atoms with van der Waals surface area (Å²) >= 11 is 0. The van der Waals surface area contributed by atoms with Crippen LogP contribution in [0.25, 0.3) is 22.0 Å². The van der Waals surface area contributed by atoms with Crippen molar-refractivity contribution in [2.45, 2.75) is 12.7 Å². The lowest BCUT2D eigenvalue weighted by atomic mass is 9.98. The molecule has 0 saturated heterocycles. The largest absolute Gasteiger partial charge is 0.478 e. The van der Waals surface area contributed by atoms with Crippen LogP contribution >= 0.6 is 0 Å². The number of hydrogen-bond donors (Lipinski definition) is 3. The first-order chi connectivity index (χ1) is 19.2. The Hall–Kier alpha value is -5.02. The van der Waals surface area contributed by atoms with Crippen LogP contribution in [-0.2, 0) is 12.7 Å². The average molecular weight is 544 g/mol. The Kier molecular flexibility index (Phi) is 8.56. The van der Waals surface area contributed by atoms with Gasteiger partial charge in [0.2, 0.25) is 0 Å². The molecule has 202 valence electrons. The van der Waals surface area contributed by atoms with Gasteiger partial charge in [0.15, 0.2) is 0 Å². The lowest BCUT2D eigenvalue weighted by Gasteiger charge is -2.12. The van der Waals surface area contributed by atoms with Crippen molar-refractivity contribution in [1.82, 2.24) is 4.98 Å². The molecule has 0 spiro atoms. The van der Waals surface area contributed by atoms with E-state index in [0.717, 1.165) is 12.1 Å². The first-order valence-corrected chi connectivity index (χ1v) is 12.1. The van der Waals surface area contributed by atoms with Gasteiger partial charge in [-0.3, -0.25) is 9.78 Å². The van der Waals surface area contributed by atoms with Gasteiger partial charge in [-0.15, -0.1) is 0 Å². The molecule has 4 aromatic carbocycles. The highest BCUT2D eigenvalue weighted by molar-refractivity contribution is 6.09. The summed E-state index contributed by atoms with van der Waals surface area (Å²) in [7, 11) is 0. The third-order valence-corrected chi connectivity index (χ3v) is 5.96. The summed E-state index contributed by atoms with van der Waals surface area (Å²) in [6.45, 7) is 0.640. The van der Waals surface area contributed by atoms with Gasteiger partial charge in [0, 0.05) is 29.4 Å². The van der Waals surface area contributed by atoms with Gasteiger partial charge < -0.3 is 16.2 Å². The number of halogens is 3. The van der Waals surface area contributed by atoms with E-state index in [-0.39, 0.29) is 5.56 Å². The number of alkyl halides is 3. The maximum Gasteiger partial charge on any atom is 0.416 e. The van der Waals surface area contributed by atoms with Crippen LogP contribution in [-0.4, -0.2) is 22.0 Å². The molecule has 9 heteroatoms. The van der Waals surface area contributed by atoms with Crippen molar-refractivity contribution in [3.8, 4) is 11.1 Å². The van der Waals surface area contributed by atoms with Crippen molar-refractivity contribution in [1.29, 1.82) is 0 Å². The Morgan fingerprint density at radius 3 is 2.15 bits per heavy atom. The van der Waals surface area contributed by atoms with Crippen LogP contribution in [0.1, 0.15) is 31.8 Å². The molecular formula is C31H24F3N3O3. The van der Waals surface area contributed by atoms with Gasteiger partial charge in [0.25, 0.3) is 5.91 Å². The zero-order valence-corrected chi connectivity index (χ0v) is 21.0. The van der Waals surface area contributed by atoms with Gasteiger partial charge in [-0.1, -0.05) is 66.7 Å². The lowest BCUT2D eigenvalue weighted by molar-refractivity contribution is -0.137. The highest BCUT2D eigenvalue weighted by Crippen LogP contribution is 2.32. The third kappa shape index (κ3) is 6.89. The van der Waals surface area contributed by atoms with Crippen LogP contribution in [0, 0.1) is 0 Å². The minimum Gasteiger partial charge on any atom is -0.478 e. The first kappa shape index (κ1) is 28.0. The number of nitrogens with zero attached hydrogens (tertiary/aromatic N) is 1. The predicted molar refractivity (Wildman–Crippen MR) is 148 cm³/mol. The summed E-state index contributed by atoms with van der Waals surface area (Å²) in [5.41, 5.74) is 8.03. The Balaban J connectivity index is 0.000000398. The Morgan fingerprint density at radius 1 is 0.850 bits per heavy atom. The molecule has 0 saturated carbocycles. The molecule has 0 aliphatic carbocycles. The summed E-state index contributed by atoms with van der Waals surface area (Å²) in [6.07, 6.45) is -3.21. The molecule has 1 amide bonds. The van der Waals surface area contributed by atoms with Crippen LogP contribution in [0.3, 0.4) is 0 Å². The monoisotopic (exact) mass is 543 g/mol. The zero-order valence-electron chi connectivity index (χ0n) is 21.0. The van der Waals surface area contributed by atoms with Crippen molar-refractivity contribution >= 4 is 28.5 Å². The minimum absolute atomic E-state index is 0.0553. The molecule has 1 heterocycles. The molecule has 40 heavy (non-hydrogen) atoms. The van der Waals surface area contributed by atoms with E-state index in [1.54, 1.807) is 42.5 Å². The molecule has 1 aromatic heterocycles. The van der Waals surface area contributed by atoms with Crippen molar-refractivity contribution in [3.05, 3.63) is 132 Å². The van der Waals surface area contributed by atoms with Crippen molar-refractivity contribution in [2.24, 2.45) is 5.73 Å². The molecule has 5 aromatic rings.